The maximum atomic E-state index is 13.1. The lowest BCUT2D eigenvalue weighted by atomic mass is 10.1. The number of amides is 2. The van der Waals surface area contributed by atoms with Gasteiger partial charge in [-0.05, 0) is 48.5 Å². The molecule has 1 atom stereocenters. The molecule has 1 aromatic heterocycles. The molecular weight excluding hydrogens is 431 g/mol. The number of aromatic nitrogens is 2. The Kier molecular flexibility index (Phi) is 4.91. The Balaban J connectivity index is 1.44. The van der Waals surface area contributed by atoms with Crippen molar-refractivity contribution >= 4 is 39.4 Å². The van der Waals surface area contributed by atoms with E-state index in [4.69, 9.17) is 4.42 Å². The number of nitrogens with one attached hydrogen (secondary N) is 1. The van der Waals surface area contributed by atoms with Crippen molar-refractivity contribution in [1.29, 1.82) is 0 Å². The van der Waals surface area contributed by atoms with Crippen LogP contribution < -0.4 is 10.2 Å². The molecule has 1 aliphatic rings. The van der Waals surface area contributed by atoms with Crippen LogP contribution in [-0.2, 0) is 4.79 Å². The zero-order valence-corrected chi connectivity index (χ0v) is 16.0. The van der Waals surface area contributed by atoms with E-state index < -0.39 is 0 Å². The van der Waals surface area contributed by atoms with Gasteiger partial charge < -0.3 is 9.32 Å². The van der Waals surface area contributed by atoms with Gasteiger partial charge >= 0.3 is 6.01 Å². The first-order valence-electron chi connectivity index (χ1n) is 8.46. The van der Waals surface area contributed by atoms with Gasteiger partial charge in [0.1, 0.15) is 5.82 Å². The number of carbonyl (C=O) groups is 2. The van der Waals surface area contributed by atoms with Crippen LogP contribution in [0.15, 0.2) is 57.4 Å². The molecule has 2 heterocycles. The fourth-order valence-electron chi connectivity index (χ4n) is 2.96. The maximum absolute atomic E-state index is 13.1. The summed E-state index contributed by atoms with van der Waals surface area (Å²) in [6.45, 7) is 0.340. The van der Waals surface area contributed by atoms with E-state index in [2.05, 4.69) is 31.4 Å². The van der Waals surface area contributed by atoms with Crippen molar-refractivity contribution in [2.45, 2.75) is 12.3 Å². The number of carbonyl (C=O) groups excluding carboxylic acids is 2. The van der Waals surface area contributed by atoms with Crippen molar-refractivity contribution in [2.24, 2.45) is 0 Å². The minimum atomic E-state index is -0.377. The smallest absolute Gasteiger partial charge is 0.322 e. The summed E-state index contributed by atoms with van der Waals surface area (Å²) in [4.78, 5) is 26.1. The van der Waals surface area contributed by atoms with Crippen molar-refractivity contribution in [3.8, 4) is 0 Å². The van der Waals surface area contributed by atoms with Gasteiger partial charge in [-0.2, -0.15) is 0 Å². The lowest BCUT2D eigenvalue weighted by Crippen LogP contribution is -2.24. The van der Waals surface area contributed by atoms with Crippen molar-refractivity contribution < 1.29 is 18.4 Å². The van der Waals surface area contributed by atoms with Crippen molar-refractivity contribution in [3.05, 3.63) is 70.3 Å². The van der Waals surface area contributed by atoms with E-state index in [1.165, 1.54) is 12.1 Å². The summed E-state index contributed by atoms with van der Waals surface area (Å²) in [6, 6.07) is 12.5. The van der Waals surface area contributed by atoms with E-state index in [1.807, 2.05) is 0 Å². The predicted octanol–water partition coefficient (Wildman–Crippen LogP) is 3.74. The average molecular weight is 445 g/mol. The molecule has 1 unspecified atom stereocenters. The molecule has 142 valence electrons. The Hall–Kier alpha value is -3.07. The zero-order chi connectivity index (χ0) is 19.7. The maximum Gasteiger partial charge on any atom is 0.322 e. The molecular formula is C19H14BrFN4O3. The van der Waals surface area contributed by atoms with Crippen LogP contribution in [0, 0.1) is 5.82 Å². The Labute approximate surface area is 167 Å². The van der Waals surface area contributed by atoms with E-state index >= 15 is 0 Å². The highest BCUT2D eigenvalue weighted by Gasteiger charge is 2.35. The van der Waals surface area contributed by atoms with Crippen LogP contribution >= 0.6 is 15.9 Å². The van der Waals surface area contributed by atoms with Crippen LogP contribution in [0.1, 0.15) is 28.6 Å². The molecule has 0 radical (unpaired) electrons. The van der Waals surface area contributed by atoms with Gasteiger partial charge in [-0.3, -0.25) is 14.9 Å². The van der Waals surface area contributed by atoms with Crippen LogP contribution in [0.2, 0.25) is 0 Å². The number of anilines is 2. The second-order valence-electron chi connectivity index (χ2n) is 6.29. The summed E-state index contributed by atoms with van der Waals surface area (Å²) in [7, 11) is 0. The van der Waals surface area contributed by atoms with Gasteiger partial charge in [-0.15, -0.1) is 5.10 Å². The summed E-state index contributed by atoms with van der Waals surface area (Å²) in [5.74, 6) is -0.893. The summed E-state index contributed by atoms with van der Waals surface area (Å²) in [6.07, 6.45) is 0.194. The van der Waals surface area contributed by atoms with Crippen LogP contribution in [-0.4, -0.2) is 28.6 Å². The first kappa shape index (κ1) is 18.3. The fraction of sp³-hybridized carbons (Fsp3) is 0.158. The van der Waals surface area contributed by atoms with Crippen LogP contribution in [0.25, 0.3) is 0 Å². The Bertz CT molecular complexity index is 1020. The molecule has 1 saturated heterocycles. The standard InChI is InChI=1S/C19H14BrFN4O3/c20-13-3-1-11(2-4-13)17(27)22-19-24-23-18(28-19)12-9-16(26)25(10-12)15-7-5-14(21)6-8-15/h1-8,12H,9-10H2,(H,22,24,27). The zero-order valence-electron chi connectivity index (χ0n) is 14.4. The average Bonchev–Trinajstić information content (AvgIpc) is 3.29. The fourth-order valence-corrected chi connectivity index (χ4v) is 3.23. The largest absolute Gasteiger partial charge is 0.407 e. The second kappa shape index (κ2) is 7.51. The monoisotopic (exact) mass is 444 g/mol. The van der Waals surface area contributed by atoms with Crippen molar-refractivity contribution in [3.63, 3.8) is 0 Å². The summed E-state index contributed by atoms with van der Waals surface area (Å²) in [5, 5.41) is 10.3. The van der Waals surface area contributed by atoms with E-state index in [-0.39, 0.29) is 41.9 Å². The topological polar surface area (TPSA) is 88.3 Å². The molecule has 1 aliphatic heterocycles. The molecule has 2 amide bonds. The predicted molar refractivity (Wildman–Crippen MR) is 103 cm³/mol. The third kappa shape index (κ3) is 3.79. The Morgan fingerprint density at radius 1 is 1.14 bits per heavy atom. The van der Waals surface area contributed by atoms with Gasteiger partial charge in [0.05, 0.1) is 5.92 Å². The third-order valence-corrected chi connectivity index (χ3v) is 4.91. The van der Waals surface area contributed by atoms with Crippen molar-refractivity contribution in [1.82, 2.24) is 10.2 Å². The minimum absolute atomic E-state index is 0.0319. The lowest BCUT2D eigenvalue weighted by molar-refractivity contribution is -0.117. The molecule has 3 aromatic rings. The Morgan fingerprint density at radius 3 is 2.57 bits per heavy atom. The van der Waals surface area contributed by atoms with Gasteiger partial charge in [-0.1, -0.05) is 21.0 Å². The number of hydrogen-bond donors (Lipinski definition) is 1. The normalized spacial score (nSPS) is 16.4. The van der Waals surface area contributed by atoms with Gasteiger partial charge in [0.15, 0.2) is 0 Å². The molecule has 7 nitrogen and oxygen atoms in total. The number of rotatable bonds is 4. The third-order valence-electron chi connectivity index (χ3n) is 4.38. The molecule has 9 heteroatoms. The van der Waals surface area contributed by atoms with Crippen LogP contribution in [0.5, 0.6) is 0 Å². The highest BCUT2D eigenvalue weighted by Crippen LogP contribution is 2.31. The molecule has 2 aromatic carbocycles. The number of hydrogen-bond acceptors (Lipinski definition) is 5. The lowest BCUT2D eigenvalue weighted by Gasteiger charge is -2.15. The highest BCUT2D eigenvalue weighted by atomic mass is 79.9. The minimum Gasteiger partial charge on any atom is -0.407 e. The van der Waals surface area contributed by atoms with Gasteiger partial charge in [0.25, 0.3) is 5.91 Å². The van der Waals surface area contributed by atoms with Gasteiger partial charge in [-0.25, -0.2) is 4.39 Å². The van der Waals surface area contributed by atoms with Gasteiger partial charge in [0.2, 0.25) is 11.8 Å². The van der Waals surface area contributed by atoms with E-state index in [0.717, 1.165) is 4.47 Å². The quantitative estimate of drug-likeness (QED) is 0.661. The number of nitrogens with zero attached hydrogens (tertiary/aromatic N) is 3. The number of halogens is 2. The first-order chi connectivity index (χ1) is 13.5. The van der Waals surface area contributed by atoms with Crippen molar-refractivity contribution in [2.75, 3.05) is 16.8 Å². The van der Waals surface area contributed by atoms with Crippen LogP contribution in [0.3, 0.4) is 0 Å². The molecule has 1 N–H and O–H groups in total. The molecule has 0 saturated carbocycles. The SMILES string of the molecule is O=C(Nc1nnc(C2CC(=O)N(c3ccc(F)cc3)C2)o1)c1ccc(Br)cc1. The summed E-state index contributed by atoms with van der Waals surface area (Å²) in [5.41, 5.74) is 1.05. The highest BCUT2D eigenvalue weighted by molar-refractivity contribution is 9.10. The molecule has 28 heavy (non-hydrogen) atoms. The van der Waals surface area contributed by atoms with Gasteiger partial charge in [0, 0.05) is 28.7 Å². The van der Waals surface area contributed by atoms with E-state index in [0.29, 0.717) is 17.8 Å². The Morgan fingerprint density at radius 2 is 1.86 bits per heavy atom. The number of benzene rings is 2. The van der Waals surface area contributed by atoms with Crippen LogP contribution in [0.4, 0.5) is 16.1 Å². The molecule has 1 fully saturated rings. The molecule has 0 spiro atoms. The van der Waals surface area contributed by atoms with E-state index in [9.17, 15) is 14.0 Å². The molecule has 0 aliphatic carbocycles. The summed E-state index contributed by atoms with van der Waals surface area (Å²) < 4.78 is 19.5. The second-order valence-corrected chi connectivity index (χ2v) is 7.20. The first-order valence-corrected chi connectivity index (χ1v) is 9.25. The molecule has 0 bridgehead atoms. The summed E-state index contributed by atoms with van der Waals surface area (Å²) >= 11 is 3.31. The molecule has 4 rings (SSSR count). The van der Waals surface area contributed by atoms with E-state index in [1.54, 1.807) is 41.3 Å².